The summed E-state index contributed by atoms with van der Waals surface area (Å²) < 4.78 is 38.8. The van der Waals surface area contributed by atoms with Gasteiger partial charge in [-0.2, -0.15) is 13.2 Å². The highest BCUT2D eigenvalue weighted by atomic mass is 19.4. The maximum atomic E-state index is 12.9. The highest BCUT2D eigenvalue weighted by Crippen LogP contribution is 2.37. The number of nitrogens with one attached hydrogen (secondary N) is 2. The van der Waals surface area contributed by atoms with E-state index in [4.69, 9.17) is 0 Å². The Balaban J connectivity index is 1.81. The average molecular weight is 348 g/mol. The van der Waals surface area contributed by atoms with Crippen molar-refractivity contribution in [3.8, 4) is 0 Å². The van der Waals surface area contributed by atoms with Gasteiger partial charge in [0.2, 0.25) is 0 Å². The lowest BCUT2D eigenvalue weighted by atomic mass is 9.85. The molecule has 1 saturated carbocycles. The smallest absolute Gasteiger partial charge is 0.355 e. The van der Waals surface area contributed by atoms with Crippen molar-refractivity contribution < 1.29 is 13.2 Å². The molecule has 3 atom stereocenters. The molecule has 2 aliphatic rings. The minimum Gasteiger partial charge on any atom is -0.355 e. The molecule has 1 aliphatic heterocycles. The number of halogens is 3. The summed E-state index contributed by atoms with van der Waals surface area (Å²) in [6.07, 6.45) is 1.36. The van der Waals surface area contributed by atoms with Gasteiger partial charge >= 0.3 is 6.18 Å². The van der Waals surface area contributed by atoms with E-state index in [2.05, 4.69) is 27.4 Å². The molecule has 2 N–H and O–H groups in total. The Morgan fingerprint density at radius 3 is 2.62 bits per heavy atom. The van der Waals surface area contributed by atoms with Crippen molar-refractivity contribution in [3.63, 3.8) is 0 Å². The third kappa shape index (κ3) is 5.53. The van der Waals surface area contributed by atoms with Crippen LogP contribution < -0.4 is 10.6 Å². The lowest BCUT2D eigenvalue weighted by molar-refractivity contribution is -0.183. The lowest BCUT2D eigenvalue weighted by Crippen LogP contribution is -2.51. The molecule has 0 amide bonds. The Morgan fingerprint density at radius 1 is 1.17 bits per heavy atom. The van der Waals surface area contributed by atoms with Gasteiger partial charge in [0.15, 0.2) is 5.96 Å². The number of aliphatic imine (C=N–C) groups is 1. The number of piperidine rings is 1. The first-order valence-corrected chi connectivity index (χ1v) is 9.22. The molecule has 2 rings (SSSR count). The SMILES string of the molecule is CCN1CCCCC1CNC(=NC)NC1CCCC(C(F)(F)F)C1. The fraction of sp³-hybridized carbons (Fsp3) is 0.941. The molecule has 0 aromatic carbocycles. The van der Waals surface area contributed by atoms with Gasteiger partial charge in [0.1, 0.15) is 0 Å². The molecule has 3 unspecified atom stereocenters. The molecule has 0 aromatic rings. The highest BCUT2D eigenvalue weighted by Gasteiger charge is 2.42. The van der Waals surface area contributed by atoms with Crippen molar-refractivity contribution in [1.29, 1.82) is 0 Å². The first kappa shape index (κ1) is 19.3. The Bertz CT molecular complexity index is 411. The molecular formula is C17H31F3N4. The largest absolute Gasteiger partial charge is 0.391 e. The van der Waals surface area contributed by atoms with Crippen LogP contribution in [0.2, 0.25) is 0 Å². The van der Waals surface area contributed by atoms with Crippen molar-refractivity contribution in [1.82, 2.24) is 15.5 Å². The predicted molar refractivity (Wildman–Crippen MR) is 91.2 cm³/mol. The van der Waals surface area contributed by atoms with Crippen LogP contribution in [-0.4, -0.2) is 55.8 Å². The maximum Gasteiger partial charge on any atom is 0.391 e. The number of likely N-dealkylation sites (tertiary alicyclic amines) is 1. The average Bonchev–Trinajstić information content (AvgIpc) is 2.58. The first-order chi connectivity index (χ1) is 11.4. The topological polar surface area (TPSA) is 39.7 Å². The standard InChI is InChI=1S/C17H31F3N4/c1-3-24-10-5-4-9-15(24)12-22-16(21-2)23-14-8-6-7-13(11-14)17(18,19)20/h13-15H,3-12H2,1-2H3,(H2,21,22,23). The third-order valence-corrected chi connectivity index (χ3v) is 5.36. The molecule has 1 heterocycles. The molecule has 1 aliphatic carbocycles. The summed E-state index contributed by atoms with van der Waals surface area (Å²) in [6.45, 7) is 5.13. The Labute approximate surface area is 143 Å². The molecule has 0 bridgehead atoms. The summed E-state index contributed by atoms with van der Waals surface area (Å²) in [4.78, 5) is 6.66. The van der Waals surface area contributed by atoms with Crippen molar-refractivity contribution in [2.24, 2.45) is 10.9 Å². The molecule has 2 fully saturated rings. The minimum absolute atomic E-state index is 0.148. The molecule has 4 nitrogen and oxygen atoms in total. The zero-order valence-electron chi connectivity index (χ0n) is 14.8. The molecular weight excluding hydrogens is 317 g/mol. The van der Waals surface area contributed by atoms with Crippen LogP contribution >= 0.6 is 0 Å². The quantitative estimate of drug-likeness (QED) is 0.606. The zero-order chi connectivity index (χ0) is 17.6. The van der Waals surface area contributed by atoms with E-state index >= 15 is 0 Å². The number of nitrogens with zero attached hydrogens (tertiary/aromatic N) is 2. The van der Waals surface area contributed by atoms with Gasteiger partial charge in [0.05, 0.1) is 5.92 Å². The van der Waals surface area contributed by atoms with Crippen LogP contribution in [0.5, 0.6) is 0 Å². The van der Waals surface area contributed by atoms with Crippen LogP contribution in [-0.2, 0) is 0 Å². The molecule has 1 saturated heterocycles. The van der Waals surface area contributed by atoms with Crippen LogP contribution in [0.15, 0.2) is 4.99 Å². The van der Waals surface area contributed by atoms with E-state index in [0.717, 1.165) is 32.5 Å². The summed E-state index contributed by atoms with van der Waals surface area (Å²) in [6, 6.07) is 0.335. The van der Waals surface area contributed by atoms with Crippen LogP contribution in [0.3, 0.4) is 0 Å². The summed E-state index contributed by atoms with van der Waals surface area (Å²) in [5.41, 5.74) is 0. The Kier molecular flexibility index (Phi) is 7.19. The van der Waals surface area contributed by atoms with Gasteiger partial charge in [-0.25, -0.2) is 0 Å². The second kappa shape index (κ2) is 8.92. The van der Waals surface area contributed by atoms with E-state index in [0.29, 0.717) is 18.4 Å². The van der Waals surface area contributed by atoms with Gasteiger partial charge in [-0.3, -0.25) is 9.89 Å². The fourth-order valence-corrected chi connectivity index (χ4v) is 3.93. The van der Waals surface area contributed by atoms with Crippen molar-refractivity contribution in [2.45, 2.75) is 70.1 Å². The molecule has 140 valence electrons. The number of rotatable bonds is 4. The van der Waals surface area contributed by atoms with Crippen molar-refractivity contribution in [2.75, 3.05) is 26.7 Å². The molecule has 24 heavy (non-hydrogen) atoms. The van der Waals surface area contributed by atoms with E-state index in [-0.39, 0.29) is 18.9 Å². The van der Waals surface area contributed by atoms with Crippen LogP contribution in [0, 0.1) is 5.92 Å². The summed E-state index contributed by atoms with van der Waals surface area (Å²) in [5.74, 6) is -0.555. The summed E-state index contributed by atoms with van der Waals surface area (Å²) >= 11 is 0. The number of hydrogen-bond acceptors (Lipinski definition) is 2. The van der Waals surface area contributed by atoms with Crippen LogP contribution in [0.1, 0.15) is 51.9 Å². The number of hydrogen-bond donors (Lipinski definition) is 2. The van der Waals surface area contributed by atoms with Crippen LogP contribution in [0.25, 0.3) is 0 Å². The lowest BCUT2D eigenvalue weighted by Gasteiger charge is -2.36. The number of likely N-dealkylation sites (N-methyl/N-ethyl adjacent to an activating group) is 1. The van der Waals surface area contributed by atoms with E-state index < -0.39 is 12.1 Å². The van der Waals surface area contributed by atoms with Gasteiger partial charge in [-0.05, 0) is 45.2 Å². The van der Waals surface area contributed by atoms with Gasteiger partial charge in [-0.1, -0.05) is 19.8 Å². The molecule has 7 heteroatoms. The fourth-order valence-electron chi connectivity index (χ4n) is 3.93. The van der Waals surface area contributed by atoms with E-state index in [1.54, 1.807) is 7.05 Å². The van der Waals surface area contributed by atoms with Gasteiger partial charge in [-0.15, -0.1) is 0 Å². The molecule has 0 aromatic heterocycles. The molecule has 0 radical (unpaired) electrons. The predicted octanol–water partition coefficient (Wildman–Crippen LogP) is 3.15. The van der Waals surface area contributed by atoms with Crippen molar-refractivity contribution >= 4 is 5.96 Å². The zero-order valence-corrected chi connectivity index (χ0v) is 14.8. The monoisotopic (exact) mass is 348 g/mol. The summed E-state index contributed by atoms with van der Waals surface area (Å²) in [7, 11) is 1.68. The van der Waals surface area contributed by atoms with Gasteiger partial charge < -0.3 is 10.6 Å². The maximum absolute atomic E-state index is 12.9. The summed E-state index contributed by atoms with van der Waals surface area (Å²) in [5, 5.41) is 6.52. The Hall–Kier alpha value is -0.980. The van der Waals surface area contributed by atoms with E-state index in [1.165, 1.54) is 12.8 Å². The molecule has 0 spiro atoms. The number of guanidine groups is 1. The first-order valence-electron chi connectivity index (χ1n) is 9.22. The minimum atomic E-state index is -4.08. The second-order valence-electron chi connectivity index (χ2n) is 6.98. The Morgan fingerprint density at radius 2 is 1.96 bits per heavy atom. The normalized spacial score (nSPS) is 30.2. The second-order valence-corrected chi connectivity index (χ2v) is 6.98. The van der Waals surface area contributed by atoms with Gasteiger partial charge in [0, 0.05) is 25.7 Å². The van der Waals surface area contributed by atoms with E-state index in [1.807, 2.05) is 0 Å². The van der Waals surface area contributed by atoms with Gasteiger partial charge in [0.25, 0.3) is 0 Å². The van der Waals surface area contributed by atoms with Crippen LogP contribution in [0.4, 0.5) is 13.2 Å². The highest BCUT2D eigenvalue weighted by molar-refractivity contribution is 5.80. The third-order valence-electron chi connectivity index (χ3n) is 5.36. The van der Waals surface area contributed by atoms with E-state index in [9.17, 15) is 13.2 Å². The van der Waals surface area contributed by atoms with Crippen molar-refractivity contribution in [3.05, 3.63) is 0 Å². The number of alkyl halides is 3.